The number of hydrogen-bond donors (Lipinski definition) is 0. The monoisotopic (exact) mass is 354 g/mol. The topological polar surface area (TPSA) is 24.9 Å². The van der Waals surface area contributed by atoms with Crippen LogP contribution in [0.25, 0.3) is 0 Å². The summed E-state index contributed by atoms with van der Waals surface area (Å²) < 4.78 is 11.2. The minimum Gasteiger partial charge on any atom is -0.454 e. The van der Waals surface area contributed by atoms with Gasteiger partial charge < -0.3 is 9.47 Å². The Balaban J connectivity index is 1.32. The van der Waals surface area contributed by atoms with Crippen LogP contribution in [0.15, 0.2) is 18.2 Å². The van der Waals surface area contributed by atoms with Gasteiger partial charge in [-0.3, -0.25) is 9.80 Å². The number of nitrogens with zero attached hydrogens (tertiary/aromatic N) is 2. The van der Waals surface area contributed by atoms with Gasteiger partial charge >= 0.3 is 0 Å². The number of benzene rings is 1. The molecule has 5 aliphatic heterocycles. The van der Waals surface area contributed by atoms with Crippen molar-refractivity contribution in [3.8, 4) is 11.5 Å². The van der Waals surface area contributed by atoms with E-state index in [2.05, 4.69) is 28.0 Å². The summed E-state index contributed by atoms with van der Waals surface area (Å²) >= 11 is 0. The maximum Gasteiger partial charge on any atom is 0.231 e. The quantitative estimate of drug-likeness (QED) is 0.830. The molecule has 1 saturated carbocycles. The van der Waals surface area contributed by atoms with Crippen molar-refractivity contribution in [2.45, 2.75) is 56.5 Å². The van der Waals surface area contributed by atoms with Crippen LogP contribution in [0.5, 0.6) is 11.5 Å². The fourth-order valence-corrected chi connectivity index (χ4v) is 6.71. The molecule has 5 heterocycles. The second-order valence-corrected chi connectivity index (χ2v) is 9.18. The van der Waals surface area contributed by atoms with Crippen LogP contribution in [0.3, 0.4) is 0 Å². The lowest BCUT2D eigenvalue weighted by molar-refractivity contribution is -0.00999. The predicted molar refractivity (Wildman–Crippen MR) is 101 cm³/mol. The van der Waals surface area contributed by atoms with Gasteiger partial charge in [0, 0.05) is 31.1 Å². The van der Waals surface area contributed by atoms with E-state index in [1.54, 1.807) is 0 Å². The SMILES string of the molecule is c1cc2c(cc1[C@H]1CN(CC3CCCC3)[C@H]3C4CCN(CC4)[C@@H]13)OCO2. The van der Waals surface area contributed by atoms with Crippen molar-refractivity contribution in [2.24, 2.45) is 11.8 Å². The summed E-state index contributed by atoms with van der Waals surface area (Å²) in [5, 5.41) is 0. The van der Waals surface area contributed by atoms with Gasteiger partial charge in [-0.25, -0.2) is 0 Å². The van der Waals surface area contributed by atoms with Crippen LogP contribution >= 0.6 is 0 Å². The molecule has 0 unspecified atom stereocenters. The molecule has 7 rings (SSSR count). The Morgan fingerprint density at radius 1 is 0.923 bits per heavy atom. The first-order chi connectivity index (χ1) is 12.9. The number of hydrogen-bond acceptors (Lipinski definition) is 4. The van der Waals surface area contributed by atoms with Gasteiger partial charge in [-0.1, -0.05) is 18.9 Å². The molecule has 4 nitrogen and oxygen atoms in total. The van der Waals surface area contributed by atoms with E-state index in [1.807, 2.05) is 0 Å². The lowest BCUT2D eigenvalue weighted by Gasteiger charge is -2.51. The summed E-state index contributed by atoms with van der Waals surface area (Å²) in [5.74, 6) is 4.35. The molecule has 5 fully saturated rings. The highest BCUT2D eigenvalue weighted by molar-refractivity contribution is 5.46. The van der Waals surface area contributed by atoms with E-state index in [9.17, 15) is 0 Å². The number of likely N-dealkylation sites (tertiary alicyclic amines) is 1. The van der Waals surface area contributed by atoms with Crippen LogP contribution in [0, 0.1) is 11.8 Å². The minimum atomic E-state index is 0.373. The molecule has 26 heavy (non-hydrogen) atoms. The van der Waals surface area contributed by atoms with Gasteiger partial charge in [0.1, 0.15) is 0 Å². The van der Waals surface area contributed by atoms with Crippen LogP contribution in [-0.4, -0.2) is 54.9 Å². The average molecular weight is 354 g/mol. The fourth-order valence-electron chi connectivity index (χ4n) is 6.71. The summed E-state index contributed by atoms with van der Waals surface area (Å²) in [5.41, 5.74) is 1.46. The summed E-state index contributed by atoms with van der Waals surface area (Å²) in [6, 6.07) is 8.20. The molecule has 2 bridgehead atoms. The Bertz CT molecular complexity index is 679. The molecule has 1 aromatic carbocycles. The zero-order valence-electron chi connectivity index (χ0n) is 15.6. The number of rotatable bonds is 3. The van der Waals surface area contributed by atoms with Gasteiger partial charge in [-0.15, -0.1) is 0 Å². The first kappa shape index (κ1) is 15.8. The maximum absolute atomic E-state index is 5.68. The van der Waals surface area contributed by atoms with Crippen LogP contribution in [0.1, 0.15) is 50.0 Å². The summed E-state index contributed by atoms with van der Waals surface area (Å²) in [7, 11) is 0. The molecule has 0 spiro atoms. The van der Waals surface area contributed by atoms with E-state index in [0.29, 0.717) is 18.8 Å². The molecular formula is C22H30N2O2. The lowest BCUT2D eigenvalue weighted by atomic mass is 9.75. The second kappa shape index (κ2) is 6.13. The summed E-state index contributed by atoms with van der Waals surface area (Å²) in [6.07, 6.45) is 8.64. The van der Waals surface area contributed by atoms with E-state index in [1.165, 1.54) is 70.3 Å². The van der Waals surface area contributed by atoms with Crippen molar-refractivity contribution in [2.75, 3.05) is 33.0 Å². The third-order valence-corrected chi connectivity index (χ3v) is 7.89. The average Bonchev–Trinajstić information content (AvgIpc) is 3.43. The molecule has 1 aromatic rings. The minimum absolute atomic E-state index is 0.373. The van der Waals surface area contributed by atoms with Crippen molar-refractivity contribution >= 4 is 0 Å². The standard InChI is InChI=1S/C22H30N2O2/c1-2-4-15(3-1)12-24-13-18(17-5-6-19-20(11-17)26-14-25-19)22-21(24)16-7-9-23(22)10-8-16/h5-6,11,15-16,18,21-22H,1-4,7-10,12-14H2/t18-,21+,22+/m1/s1. The molecule has 1 aliphatic carbocycles. The van der Waals surface area contributed by atoms with E-state index in [0.717, 1.165) is 29.4 Å². The maximum atomic E-state index is 5.68. The van der Waals surface area contributed by atoms with Crippen LogP contribution in [0.4, 0.5) is 0 Å². The zero-order valence-corrected chi connectivity index (χ0v) is 15.6. The van der Waals surface area contributed by atoms with Gasteiger partial charge in [-0.2, -0.15) is 0 Å². The predicted octanol–water partition coefficient (Wildman–Crippen LogP) is 3.47. The van der Waals surface area contributed by atoms with Crippen LogP contribution < -0.4 is 9.47 Å². The van der Waals surface area contributed by atoms with Crippen molar-refractivity contribution < 1.29 is 9.47 Å². The Kier molecular flexibility index (Phi) is 3.72. The largest absolute Gasteiger partial charge is 0.454 e. The van der Waals surface area contributed by atoms with Crippen molar-refractivity contribution in [1.29, 1.82) is 0 Å². The molecule has 4 saturated heterocycles. The summed E-state index contributed by atoms with van der Waals surface area (Å²) in [6.45, 7) is 5.57. The third kappa shape index (κ3) is 2.41. The molecular weight excluding hydrogens is 324 g/mol. The zero-order chi connectivity index (χ0) is 17.1. The van der Waals surface area contributed by atoms with Gasteiger partial charge in [0.05, 0.1) is 0 Å². The van der Waals surface area contributed by atoms with Crippen LogP contribution in [0.2, 0.25) is 0 Å². The normalized spacial score (nSPS) is 38.8. The number of fused-ring (bicyclic) bond motifs is 3. The molecule has 0 amide bonds. The molecule has 140 valence electrons. The lowest BCUT2D eigenvalue weighted by Crippen LogP contribution is -2.60. The fraction of sp³-hybridized carbons (Fsp3) is 0.727. The van der Waals surface area contributed by atoms with E-state index in [4.69, 9.17) is 9.47 Å². The second-order valence-electron chi connectivity index (χ2n) is 9.18. The van der Waals surface area contributed by atoms with Crippen molar-refractivity contribution in [3.05, 3.63) is 23.8 Å². The smallest absolute Gasteiger partial charge is 0.231 e. The Hall–Kier alpha value is -1.26. The first-order valence-corrected chi connectivity index (χ1v) is 10.7. The Labute approximate surface area is 156 Å². The van der Waals surface area contributed by atoms with Gasteiger partial charge in [0.2, 0.25) is 6.79 Å². The van der Waals surface area contributed by atoms with Gasteiger partial charge in [-0.05, 0) is 68.3 Å². The Morgan fingerprint density at radius 2 is 1.73 bits per heavy atom. The highest BCUT2D eigenvalue weighted by atomic mass is 16.7. The van der Waals surface area contributed by atoms with Crippen molar-refractivity contribution in [3.63, 3.8) is 0 Å². The van der Waals surface area contributed by atoms with Gasteiger partial charge in [0.25, 0.3) is 0 Å². The highest BCUT2D eigenvalue weighted by Gasteiger charge is 2.53. The highest BCUT2D eigenvalue weighted by Crippen LogP contribution is 2.48. The molecule has 0 radical (unpaired) electrons. The molecule has 0 N–H and O–H groups in total. The molecule has 3 atom stereocenters. The number of ether oxygens (including phenoxy) is 2. The van der Waals surface area contributed by atoms with Crippen molar-refractivity contribution in [1.82, 2.24) is 9.80 Å². The van der Waals surface area contributed by atoms with Crippen LogP contribution in [-0.2, 0) is 0 Å². The molecule has 4 heteroatoms. The molecule has 0 aromatic heterocycles. The van der Waals surface area contributed by atoms with E-state index >= 15 is 0 Å². The summed E-state index contributed by atoms with van der Waals surface area (Å²) in [4.78, 5) is 5.72. The first-order valence-electron chi connectivity index (χ1n) is 10.7. The van der Waals surface area contributed by atoms with E-state index < -0.39 is 0 Å². The van der Waals surface area contributed by atoms with Gasteiger partial charge in [0.15, 0.2) is 11.5 Å². The number of piperidine rings is 3. The third-order valence-electron chi connectivity index (χ3n) is 7.89. The van der Waals surface area contributed by atoms with E-state index in [-0.39, 0.29) is 0 Å². The molecule has 6 aliphatic rings. The Morgan fingerprint density at radius 3 is 2.58 bits per heavy atom.